The lowest BCUT2D eigenvalue weighted by Crippen LogP contribution is -2.18. The fourth-order valence-corrected chi connectivity index (χ4v) is 0.950. The van der Waals surface area contributed by atoms with Gasteiger partial charge in [-0.3, -0.25) is 0 Å². The summed E-state index contributed by atoms with van der Waals surface area (Å²) in [7, 11) is 0. The molecular formula is C11H17N3OS. The Morgan fingerprint density at radius 2 is 2.00 bits per heavy atom. The summed E-state index contributed by atoms with van der Waals surface area (Å²) in [4.78, 5) is 0. The van der Waals surface area contributed by atoms with Gasteiger partial charge >= 0.3 is 0 Å². The van der Waals surface area contributed by atoms with Crippen molar-refractivity contribution in [2.45, 2.75) is 20.0 Å². The van der Waals surface area contributed by atoms with Gasteiger partial charge in [0, 0.05) is 6.21 Å². The minimum atomic E-state index is 0.000000000000000222. The number of thiocarbonyl (C=S) groups is 1. The van der Waals surface area contributed by atoms with E-state index in [9.17, 15) is 0 Å². The van der Waals surface area contributed by atoms with Gasteiger partial charge in [-0.1, -0.05) is 12.1 Å². The molecular weight excluding hydrogens is 222 g/mol. The van der Waals surface area contributed by atoms with E-state index >= 15 is 0 Å². The molecule has 0 aliphatic heterocycles. The second kappa shape index (κ2) is 7.64. The molecule has 0 bridgehead atoms. The van der Waals surface area contributed by atoms with E-state index in [4.69, 9.17) is 10.1 Å². The lowest BCUT2D eigenvalue weighted by molar-refractivity contribution is 0.242. The smallest absolute Gasteiger partial charge is 0.160 e. The summed E-state index contributed by atoms with van der Waals surface area (Å²) in [6.45, 7) is 3.97. The number of benzene rings is 1. The molecule has 0 saturated heterocycles. The van der Waals surface area contributed by atoms with Crippen molar-refractivity contribution in [2.24, 2.45) is 11.5 Å². The van der Waals surface area contributed by atoms with Crippen molar-refractivity contribution in [1.82, 2.24) is 0 Å². The third kappa shape index (κ3) is 7.75. The molecule has 0 aliphatic carbocycles. The highest BCUT2D eigenvalue weighted by atomic mass is 32.1. The van der Waals surface area contributed by atoms with Crippen LogP contribution in [0.1, 0.15) is 19.4 Å². The van der Waals surface area contributed by atoms with Crippen molar-refractivity contribution < 1.29 is 4.74 Å². The zero-order chi connectivity index (χ0) is 12.6. The highest BCUT2D eigenvalue weighted by molar-refractivity contribution is 7.80. The van der Waals surface area contributed by atoms with Gasteiger partial charge in [-0.15, -0.1) is 0 Å². The predicted molar refractivity (Wildman–Crippen MR) is 71.1 cm³/mol. The van der Waals surface area contributed by atoms with E-state index < -0.39 is 0 Å². The van der Waals surface area contributed by atoms with Crippen LogP contribution in [-0.4, -0.2) is 17.4 Å². The summed E-state index contributed by atoms with van der Waals surface area (Å²) < 4.78 is 5.45. The number of ether oxygens (including phenoxy) is 1. The van der Waals surface area contributed by atoms with Gasteiger partial charge < -0.3 is 21.6 Å². The van der Waals surface area contributed by atoms with Gasteiger partial charge in [0.05, 0.1) is 6.10 Å². The molecule has 1 aromatic carbocycles. The summed E-state index contributed by atoms with van der Waals surface area (Å²) in [5.74, 6) is 0.825. The Labute approximate surface area is 101 Å². The minimum absolute atomic E-state index is 0.000000000000000222. The Kier molecular flexibility index (Phi) is 6.87. The molecule has 88 valence electrons. The van der Waals surface area contributed by atoms with Crippen LogP contribution in [0.2, 0.25) is 0 Å². The first-order valence-electron chi connectivity index (χ1n) is 4.77. The molecule has 0 amide bonds. The van der Waals surface area contributed by atoms with Crippen molar-refractivity contribution in [3.05, 3.63) is 29.8 Å². The molecule has 0 fully saturated rings. The van der Waals surface area contributed by atoms with Gasteiger partial charge in [0.1, 0.15) is 5.75 Å². The van der Waals surface area contributed by atoms with E-state index in [1.165, 1.54) is 6.21 Å². The average molecular weight is 239 g/mol. The van der Waals surface area contributed by atoms with E-state index in [0.29, 0.717) is 0 Å². The molecule has 16 heavy (non-hydrogen) atoms. The summed E-state index contributed by atoms with van der Waals surface area (Å²) in [6, 6.07) is 7.51. The third-order valence-corrected chi connectivity index (χ3v) is 1.40. The minimum Gasteiger partial charge on any atom is -0.491 e. The molecule has 0 radical (unpaired) electrons. The zero-order valence-electron chi connectivity index (χ0n) is 9.44. The Morgan fingerprint density at radius 3 is 2.44 bits per heavy atom. The van der Waals surface area contributed by atoms with Gasteiger partial charge in [-0.2, -0.15) is 0 Å². The molecule has 1 aromatic rings. The van der Waals surface area contributed by atoms with Crippen LogP contribution in [0.3, 0.4) is 0 Å². The molecule has 0 aliphatic rings. The lowest BCUT2D eigenvalue weighted by atomic mass is 10.2. The van der Waals surface area contributed by atoms with Gasteiger partial charge in [0.25, 0.3) is 0 Å². The zero-order valence-corrected chi connectivity index (χ0v) is 10.3. The quantitative estimate of drug-likeness (QED) is 0.553. The fraction of sp³-hybridized carbons (Fsp3) is 0.273. The first-order valence-corrected chi connectivity index (χ1v) is 5.18. The first-order chi connectivity index (χ1) is 7.45. The molecule has 4 nitrogen and oxygen atoms in total. The molecule has 5 N–H and O–H groups in total. The van der Waals surface area contributed by atoms with Crippen LogP contribution in [0.4, 0.5) is 0 Å². The summed E-state index contributed by atoms with van der Waals surface area (Å²) in [5.41, 5.74) is 10.1. The standard InChI is InChI=1S/C10H13NO.CH4N2S/c1-8(2)12-10-5-3-4-9(6-10)7-11;2-1(3)4/h3-8,11H,1-2H3;(H4,2,3,4). The second-order valence-electron chi connectivity index (χ2n) is 3.29. The summed E-state index contributed by atoms with van der Waals surface area (Å²) in [5, 5.41) is 7.04. The monoisotopic (exact) mass is 239 g/mol. The summed E-state index contributed by atoms with van der Waals surface area (Å²) >= 11 is 4.09. The lowest BCUT2D eigenvalue weighted by Gasteiger charge is -2.09. The molecule has 5 heteroatoms. The van der Waals surface area contributed by atoms with Gasteiger partial charge in [0.15, 0.2) is 5.11 Å². The molecule has 0 spiro atoms. The number of hydrogen-bond acceptors (Lipinski definition) is 3. The Morgan fingerprint density at radius 1 is 1.44 bits per heavy atom. The summed E-state index contributed by atoms with van der Waals surface area (Å²) in [6.07, 6.45) is 1.50. The highest BCUT2D eigenvalue weighted by Crippen LogP contribution is 2.13. The van der Waals surface area contributed by atoms with Gasteiger partial charge in [-0.05, 0) is 43.8 Å². The number of nitrogens with one attached hydrogen (secondary N) is 1. The molecule has 1 rings (SSSR count). The van der Waals surface area contributed by atoms with Crippen molar-refractivity contribution in [1.29, 1.82) is 5.41 Å². The van der Waals surface area contributed by atoms with Crippen LogP contribution in [-0.2, 0) is 0 Å². The maximum atomic E-state index is 7.04. The van der Waals surface area contributed by atoms with Crippen LogP contribution in [0.25, 0.3) is 0 Å². The molecule has 0 aromatic heterocycles. The maximum absolute atomic E-state index is 7.04. The largest absolute Gasteiger partial charge is 0.491 e. The number of hydrogen-bond donors (Lipinski definition) is 3. The van der Waals surface area contributed by atoms with E-state index in [2.05, 4.69) is 23.7 Å². The van der Waals surface area contributed by atoms with Crippen molar-refractivity contribution in [2.75, 3.05) is 0 Å². The van der Waals surface area contributed by atoms with Crippen LogP contribution in [0.15, 0.2) is 24.3 Å². The van der Waals surface area contributed by atoms with Crippen LogP contribution >= 0.6 is 12.2 Å². The number of rotatable bonds is 3. The van der Waals surface area contributed by atoms with Crippen LogP contribution in [0.5, 0.6) is 5.75 Å². The van der Waals surface area contributed by atoms with Crippen molar-refractivity contribution in [3.8, 4) is 5.75 Å². The van der Waals surface area contributed by atoms with Crippen LogP contribution < -0.4 is 16.2 Å². The Hall–Kier alpha value is -1.62. The van der Waals surface area contributed by atoms with Gasteiger partial charge in [-0.25, -0.2) is 0 Å². The fourth-order valence-electron chi connectivity index (χ4n) is 0.950. The highest BCUT2D eigenvalue weighted by Gasteiger charge is 1.96. The Balaban J connectivity index is 0.000000487. The Bertz CT molecular complexity index is 349. The molecule has 0 atom stereocenters. The van der Waals surface area contributed by atoms with E-state index in [1.807, 2.05) is 38.1 Å². The average Bonchev–Trinajstić information content (AvgIpc) is 2.16. The predicted octanol–water partition coefficient (Wildman–Crippen LogP) is 1.66. The number of nitrogens with two attached hydrogens (primary N) is 2. The SMILES string of the molecule is CC(C)Oc1cccc(C=N)c1.NC(N)=S. The van der Waals surface area contributed by atoms with E-state index in [-0.39, 0.29) is 11.2 Å². The van der Waals surface area contributed by atoms with E-state index in [1.54, 1.807) is 0 Å². The molecule has 0 heterocycles. The topological polar surface area (TPSA) is 85.1 Å². The van der Waals surface area contributed by atoms with Gasteiger partial charge in [0.2, 0.25) is 0 Å². The molecule has 0 unspecified atom stereocenters. The first kappa shape index (κ1) is 14.4. The third-order valence-electron chi connectivity index (χ3n) is 1.40. The molecule has 0 saturated carbocycles. The van der Waals surface area contributed by atoms with Crippen molar-refractivity contribution >= 4 is 23.5 Å². The van der Waals surface area contributed by atoms with E-state index in [0.717, 1.165) is 11.3 Å². The normalized spacial score (nSPS) is 8.94. The maximum Gasteiger partial charge on any atom is 0.160 e. The van der Waals surface area contributed by atoms with Crippen LogP contribution in [0, 0.1) is 5.41 Å². The van der Waals surface area contributed by atoms with Crippen molar-refractivity contribution in [3.63, 3.8) is 0 Å². The second-order valence-corrected chi connectivity index (χ2v) is 3.76.